The van der Waals surface area contributed by atoms with Crippen molar-refractivity contribution in [1.29, 1.82) is 0 Å². The molecule has 2 aliphatic rings. The van der Waals surface area contributed by atoms with E-state index in [1.807, 2.05) is 0 Å². The number of guanidine groups is 1. The molecule has 3 N–H and O–H groups in total. The number of piperazine rings is 1. The molecule has 1 saturated heterocycles. The van der Waals surface area contributed by atoms with Crippen molar-refractivity contribution in [3.63, 3.8) is 0 Å². The monoisotopic (exact) mass is 423 g/mol. The zero-order chi connectivity index (χ0) is 15.1. The SMILES string of the molecule is CC(CN=C(N)NC1CCCCC1)CN1CCN(C)CC1.I. The summed E-state index contributed by atoms with van der Waals surface area (Å²) in [5.74, 6) is 1.22. The molecule has 6 heteroatoms. The van der Waals surface area contributed by atoms with Gasteiger partial charge in [-0.1, -0.05) is 26.2 Å². The summed E-state index contributed by atoms with van der Waals surface area (Å²) in [5, 5.41) is 3.39. The Bertz CT molecular complexity index is 322. The van der Waals surface area contributed by atoms with Crippen LogP contribution in [0.1, 0.15) is 39.0 Å². The lowest BCUT2D eigenvalue weighted by Crippen LogP contribution is -2.46. The molecule has 1 aliphatic heterocycles. The third kappa shape index (κ3) is 7.46. The van der Waals surface area contributed by atoms with E-state index < -0.39 is 0 Å². The molecule has 0 aromatic carbocycles. The van der Waals surface area contributed by atoms with E-state index in [4.69, 9.17) is 5.73 Å². The molecule has 130 valence electrons. The van der Waals surface area contributed by atoms with Gasteiger partial charge in [0.15, 0.2) is 5.96 Å². The fourth-order valence-electron chi connectivity index (χ4n) is 3.28. The molecule has 2 rings (SSSR count). The number of rotatable bonds is 5. The van der Waals surface area contributed by atoms with Crippen molar-refractivity contribution in [2.75, 3.05) is 46.3 Å². The van der Waals surface area contributed by atoms with Crippen molar-refractivity contribution in [2.45, 2.75) is 45.1 Å². The van der Waals surface area contributed by atoms with Crippen LogP contribution < -0.4 is 11.1 Å². The van der Waals surface area contributed by atoms with Crippen molar-refractivity contribution in [3.05, 3.63) is 0 Å². The summed E-state index contributed by atoms with van der Waals surface area (Å²) in [5.41, 5.74) is 6.02. The normalized spacial score (nSPS) is 23.8. The predicted octanol–water partition coefficient (Wildman–Crippen LogP) is 1.72. The highest BCUT2D eigenvalue weighted by atomic mass is 127. The van der Waals surface area contributed by atoms with Crippen LogP contribution in [0.15, 0.2) is 4.99 Å². The molecule has 1 heterocycles. The molecule has 1 atom stereocenters. The quantitative estimate of drug-likeness (QED) is 0.402. The highest BCUT2D eigenvalue weighted by Crippen LogP contribution is 2.17. The number of halogens is 1. The van der Waals surface area contributed by atoms with Crippen LogP contribution in [0, 0.1) is 5.92 Å². The molecule has 22 heavy (non-hydrogen) atoms. The summed E-state index contributed by atoms with van der Waals surface area (Å²) in [7, 11) is 2.20. The molecule has 0 spiro atoms. The predicted molar refractivity (Wildman–Crippen MR) is 105 cm³/mol. The van der Waals surface area contributed by atoms with Gasteiger partial charge in [0.05, 0.1) is 0 Å². The number of nitrogens with one attached hydrogen (secondary N) is 1. The molecule has 1 aliphatic carbocycles. The zero-order valence-electron chi connectivity index (χ0n) is 14.3. The third-order valence-corrected chi connectivity index (χ3v) is 4.70. The van der Waals surface area contributed by atoms with E-state index in [1.165, 1.54) is 58.3 Å². The van der Waals surface area contributed by atoms with E-state index in [0.29, 0.717) is 17.9 Å². The first-order chi connectivity index (χ1) is 10.1. The summed E-state index contributed by atoms with van der Waals surface area (Å²) in [4.78, 5) is 9.49. The lowest BCUT2D eigenvalue weighted by atomic mass is 9.96. The highest BCUT2D eigenvalue weighted by molar-refractivity contribution is 14.0. The Morgan fingerprint density at radius 3 is 2.45 bits per heavy atom. The van der Waals surface area contributed by atoms with Crippen molar-refractivity contribution in [1.82, 2.24) is 15.1 Å². The standard InChI is InChI=1S/C16H33N5.HI/c1-14(13-21-10-8-20(2)9-11-21)12-18-16(17)19-15-6-4-3-5-7-15;/h14-15H,3-13H2,1-2H3,(H3,17,18,19);1H. The minimum Gasteiger partial charge on any atom is -0.370 e. The van der Waals surface area contributed by atoms with Crippen LogP contribution in [0.4, 0.5) is 0 Å². The largest absolute Gasteiger partial charge is 0.370 e. The van der Waals surface area contributed by atoms with Crippen molar-refractivity contribution in [3.8, 4) is 0 Å². The fraction of sp³-hybridized carbons (Fsp3) is 0.938. The Morgan fingerprint density at radius 2 is 1.82 bits per heavy atom. The van der Waals surface area contributed by atoms with Crippen molar-refractivity contribution in [2.24, 2.45) is 16.6 Å². The van der Waals surface area contributed by atoms with E-state index >= 15 is 0 Å². The van der Waals surface area contributed by atoms with Crippen LogP contribution in [0.25, 0.3) is 0 Å². The molecule has 5 nitrogen and oxygen atoms in total. The molecule has 1 unspecified atom stereocenters. The van der Waals surface area contributed by atoms with Crippen LogP contribution in [0.2, 0.25) is 0 Å². The summed E-state index contributed by atoms with van der Waals surface area (Å²) in [6.07, 6.45) is 6.51. The first-order valence-electron chi connectivity index (χ1n) is 8.61. The Kier molecular flexibility index (Phi) is 9.66. The Hall–Kier alpha value is -0.0800. The van der Waals surface area contributed by atoms with Gasteiger partial charge >= 0.3 is 0 Å². The maximum atomic E-state index is 6.02. The lowest BCUT2D eigenvalue weighted by molar-refractivity contribution is 0.140. The second-order valence-corrected chi connectivity index (χ2v) is 6.91. The van der Waals surface area contributed by atoms with Gasteiger partial charge in [0, 0.05) is 45.3 Å². The van der Waals surface area contributed by atoms with Gasteiger partial charge in [0.25, 0.3) is 0 Å². The first kappa shape index (κ1) is 20.0. The molecule has 1 saturated carbocycles. The Morgan fingerprint density at radius 1 is 1.18 bits per heavy atom. The number of likely N-dealkylation sites (N-methyl/N-ethyl adjacent to an activating group) is 1. The molecular weight excluding hydrogens is 389 g/mol. The van der Waals surface area contributed by atoms with E-state index in [1.54, 1.807) is 0 Å². The minimum absolute atomic E-state index is 0. The van der Waals surface area contributed by atoms with E-state index in [0.717, 1.165) is 13.1 Å². The van der Waals surface area contributed by atoms with Crippen LogP contribution in [-0.4, -0.2) is 68.1 Å². The van der Waals surface area contributed by atoms with Gasteiger partial charge in [-0.3, -0.25) is 4.99 Å². The maximum Gasteiger partial charge on any atom is 0.188 e. The molecule has 2 fully saturated rings. The van der Waals surface area contributed by atoms with Gasteiger partial charge in [0.2, 0.25) is 0 Å². The maximum absolute atomic E-state index is 6.02. The summed E-state index contributed by atoms with van der Waals surface area (Å²) < 4.78 is 0. The van der Waals surface area contributed by atoms with Gasteiger partial charge in [0.1, 0.15) is 0 Å². The second-order valence-electron chi connectivity index (χ2n) is 6.91. The topological polar surface area (TPSA) is 56.9 Å². The third-order valence-electron chi connectivity index (χ3n) is 4.70. The summed E-state index contributed by atoms with van der Waals surface area (Å²) in [6.45, 7) is 8.96. The molecule has 0 radical (unpaired) electrons. The minimum atomic E-state index is 0. The summed E-state index contributed by atoms with van der Waals surface area (Å²) in [6, 6.07) is 0.551. The smallest absolute Gasteiger partial charge is 0.188 e. The van der Waals surface area contributed by atoms with Gasteiger partial charge < -0.3 is 20.9 Å². The Balaban J connectivity index is 0.00000242. The van der Waals surface area contributed by atoms with Gasteiger partial charge in [-0.15, -0.1) is 24.0 Å². The first-order valence-corrected chi connectivity index (χ1v) is 8.61. The molecule has 0 aromatic rings. The van der Waals surface area contributed by atoms with Crippen molar-refractivity contribution < 1.29 is 0 Å². The second kappa shape index (κ2) is 10.6. The lowest BCUT2D eigenvalue weighted by Gasteiger charge is -2.33. The number of hydrogen-bond acceptors (Lipinski definition) is 3. The number of nitrogens with zero attached hydrogens (tertiary/aromatic N) is 3. The van der Waals surface area contributed by atoms with Gasteiger partial charge in [-0.25, -0.2) is 0 Å². The molecule has 0 bridgehead atoms. The van der Waals surface area contributed by atoms with Crippen LogP contribution in [0.3, 0.4) is 0 Å². The molecular formula is C16H34IN5. The van der Waals surface area contributed by atoms with E-state index in [2.05, 4.69) is 34.1 Å². The summed E-state index contributed by atoms with van der Waals surface area (Å²) >= 11 is 0. The number of hydrogen-bond donors (Lipinski definition) is 2. The average molecular weight is 423 g/mol. The van der Waals surface area contributed by atoms with Gasteiger partial charge in [-0.05, 0) is 25.8 Å². The molecule has 0 amide bonds. The average Bonchev–Trinajstić information content (AvgIpc) is 2.49. The fourth-order valence-corrected chi connectivity index (χ4v) is 3.28. The highest BCUT2D eigenvalue weighted by Gasteiger charge is 2.16. The Labute approximate surface area is 153 Å². The van der Waals surface area contributed by atoms with E-state index in [-0.39, 0.29) is 24.0 Å². The molecule has 0 aromatic heterocycles. The van der Waals surface area contributed by atoms with Crippen LogP contribution in [-0.2, 0) is 0 Å². The van der Waals surface area contributed by atoms with Gasteiger partial charge in [-0.2, -0.15) is 0 Å². The van der Waals surface area contributed by atoms with Crippen LogP contribution >= 0.6 is 24.0 Å². The van der Waals surface area contributed by atoms with Crippen LogP contribution in [0.5, 0.6) is 0 Å². The number of aliphatic imine (C=N–C) groups is 1. The van der Waals surface area contributed by atoms with Crippen molar-refractivity contribution >= 4 is 29.9 Å². The van der Waals surface area contributed by atoms with E-state index in [9.17, 15) is 0 Å². The zero-order valence-corrected chi connectivity index (χ0v) is 16.6. The number of nitrogens with two attached hydrogens (primary N) is 1.